The summed E-state index contributed by atoms with van der Waals surface area (Å²) in [5.74, 6) is 0. The van der Waals surface area contributed by atoms with E-state index >= 15 is 0 Å². The first kappa shape index (κ1) is 14.2. The van der Waals surface area contributed by atoms with Crippen molar-refractivity contribution in [3.8, 4) is 0 Å². The lowest BCUT2D eigenvalue weighted by Crippen LogP contribution is -2.40. The number of hydrogen-bond acceptors (Lipinski definition) is 2. The van der Waals surface area contributed by atoms with Crippen LogP contribution in [0.2, 0.25) is 0 Å². The smallest absolute Gasteiger partial charge is 0.0317 e. The molecule has 0 fully saturated rings. The maximum Gasteiger partial charge on any atom is 0.0317 e. The van der Waals surface area contributed by atoms with Crippen molar-refractivity contribution in [2.24, 2.45) is 0 Å². The molecule has 0 spiro atoms. The molecule has 2 heteroatoms. The number of nitrogens with zero attached hydrogens (tertiary/aromatic N) is 1. The Bertz CT molecular complexity index is 617. The number of nitrogen functional groups attached to an aromatic ring is 1. The van der Waals surface area contributed by atoms with Gasteiger partial charge in [0.1, 0.15) is 0 Å². The van der Waals surface area contributed by atoms with E-state index in [0.29, 0.717) is 0 Å². The molecule has 1 aliphatic heterocycles. The van der Waals surface area contributed by atoms with Gasteiger partial charge in [0, 0.05) is 24.3 Å². The number of anilines is 1. The Morgan fingerprint density at radius 1 is 1.00 bits per heavy atom. The van der Waals surface area contributed by atoms with Crippen molar-refractivity contribution in [1.82, 2.24) is 4.90 Å². The van der Waals surface area contributed by atoms with Crippen LogP contribution in [-0.2, 0) is 19.5 Å². The van der Waals surface area contributed by atoms with Gasteiger partial charge in [-0.2, -0.15) is 0 Å². The van der Waals surface area contributed by atoms with Crippen LogP contribution in [0, 0.1) is 0 Å². The molecule has 0 aromatic heterocycles. The Morgan fingerprint density at radius 2 is 1.71 bits per heavy atom. The summed E-state index contributed by atoms with van der Waals surface area (Å²) in [6, 6.07) is 17.1. The SMILES string of the molecule is CC(C)(CCc1ccccc1)N1Cc2ccc(N)cc2C1. The predicted molar refractivity (Wildman–Crippen MR) is 88.9 cm³/mol. The van der Waals surface area contributed by atoms with Gasteiger partial charge < -0.3 is 5.73 Å². The molecular formula is C19H24N2. The van der Waals surface area contributed by atoms with Crippen molar-refractivity contribution < 1.29 is 0 Å². The lowest BCUT2D eigenvalue weighted by atomic mass is 9.93. The number of benzene rings is 2. The van der Waals surface area contributed by atoms with E-state index in [4.69, 9.17) is 5.73 Å². The molecule has 21 heavy (non-hydrogen) atoms. The molecule has 0 radical (unpaired) electrons. The van der Waals surface area contributed by atoms with E-state index in [-0.39, 0.29) is 5.54 Å². The molecule has 1 aliphatic rings. The molecule has 2 aromatic carbocycles. The first-order valence-corrected chi connectivity index (χ1v) is 7.71. The molecular weight excluding hydrogens is 256 g/mol. The van der Waals surface area contributed by atoms with E-state index in [2.05, 4.69) is 61.2 Å². The van der Waals surface area contributed by atoms with Crippen molar-refractivity contribution in [1.29, 1.82) is 0 Å². The normalized spacial score (nSPS) is 15.1. The standard InChI is InChI=1S/C19H24N2/c1-19(2,11-10-15-6-4-3-5-7-15)21-13-16-8-9-18(20)12-17(16)14-21/h3-9,12H,10-11,13-14,20H2,1-2H3. The van der Waals surface area contributed by atoms with Gasteiger partial charge in [-0.3, -0.25) is 4.90 Å². The second kappa shape index (κ2) is 5.53. The van der Waals surface area contributed by atoms with Crippen molar-refractivity contribution in [2.45, 2.75) is 45.3 Å². The van der Waals surface area contributed by atoms with Gasteiger partial charge in [0.2, 0.25) is 0 Å². The third kappa shape index (κ3) is 3.11. The number of nitrogens with two attached hydrogens (primary N) is 1. The van der Waals surface area contributed by atoms with E-state index in [9.17, 15) is 0 Å². The lowest BCUT2D eigenvalue weighted by molar-refractivity contribution is 0.109. The highest BCUT2D eigenvalue weighted by Crippen LogP contribution is 2.32. The van der Waals surface area contributed by atoms with Gasteiger partial charge in [-0.05, 0) is 55.5 Å². The van der Waals surface area contributed by atoms with Gasteiger partial charge in [0.05, 0.1) is 0 Å². The van der Waals surface area contributed by atoms with E-state index in [1.54, 1.807) is 0 Å². The zero-order valence-corrected chi connectivity index (χ0v) is 13.0. The molecule has 2 aromatic rings. The zero-order chi connectivity index (χ0) is 14.9. The summed E-state index contributed by atoms with van der Waals surface area (Å²) in [7, 11) is 0. The van der Waals surface area contributed by atoms with Crippen LogP contribution >= 0.6 is 0 Å². The molecule has 2 nitrogen and oxygen atoms in total. The quantitative estimate of drug-likeness (QED) is 0.858. The Labute approximate surface area is 127 Å². The Hall–Kier alpha value is -1.80. The molecule has 0 unspecified atom stereocenters. The van der Waals surface area contributed by atoms with Crippen molar-refractivity contribution in [3.63, 3.8) is 0 Å². The second-order valence-corrected chi connectivity index (χ2v) is 6.68. The average molecular weight is 280 g/mol. The molecule has 0 amide bonds. The monoisotopic (exact) mass is 280 g/mol. The largest absolute Gasteiger partial charge is 0.399 e. The summed E-state index contributed by atoms with van der Waals surface area (Å²) in [6.07, 6.45) is 2.29. The van der Waals surface area contributed by atoms with Crippen LogP contribution in [0.15, 0.2) is 48.5 Å². The minimum absolute atomic E-state index is 0.198. The average Bonchev–Trinajstić information content (AvgIpc) is 2.90. The van der Waals surface area contributed by atoms with Crippen LogP contribution in [0.5, 0.6) is 0 Å². The maximum absolute atomic E-state index is 5.90. The van der Waals surface area contributed by atoms with Crippen LogP contribution in [0.4, 0.5) is 5.69 Å². The fourth-order valence-electron chi connectivity index (χ4n) is 3.10. The summed E-state index contributed by atoms with van der Waals surface area (Å²) in [5, 5.41) is 0. The molecule has 1 heterocycles. The van der Waals surface area contributed by atoms with Gasteiger partial charge in [-0.15, -0.1) is 0 Å². The topological polar surface area (TPSA) is 29.3 Å². The van der Waals surface area contributed by atoms with E-state index in [0.717, 1.165) is 25.2 Å². The Kier molecular flexibility index (Phi) is 3.73. The fourth-order valence-corrected chi connectivity index (χ4v) is 3.10. The van der Waals surface area contributed by atoms with Crippen molar-refractivity contribution in [3.05, 3.63) is 65.2 Å². The lowest BCUT2D eigenvalue weighted by Gasteiger charge is -2.35. The summed E-state index contributed by atoms with van der Waals surface area (Å²) >= 11 is 0. The van der Waals surface area contributed by atoms with Crippen LogP contribution in [-0.4, -0.2) is 10.4 Å². The minimum atomic E-state index is 0.198. The van der Waals surface area contributed by atoms with Gasteiger partial charge in [0.25, 0.3) is 0 Å². The summed E-state index contributed by atoms with van der Waals surface area (Å²) in [4.78, 5) is 2.57. The third-order valence-electron chi connectivity index (χ3n) is 4.68. The Morgan fingerprint density at radius 3 is 2.48 bits per heavy atom. The zero-order valence-electron chi connectivity index (χ0n) is 13.0. The van der Waals surface area contributed by atoms with E-state index in [1.165, 1.54) is 23.1 Å². The first-order valence-electron chi connectivity index (χ1n) is 7.71. The fraction of sp³-hybridized carbons (Fsp3) is 0.368. The van der Waals surface area contributed by atoms with Gasteiger partial charge >= 0.3 is 0 Å². The number of aryl methyl sites for hydroxylation is 1. The minimum Gasteiger partial charge on any atom is -0.399 e. The molecule has 0 saturated carbocycles. The van der Waals surface area contributed by atoms with Crippen LogP contribution in [0.3, 0.4) is 0 Å². The van der Waals surface area contributed by atoms with Crippen molar-refractivity contribution >= 4 is 5.69 Å². The molecule has 2 N–H and O–H groups in total. The number of fused-ring (bicyclic) bond motifs is 1. The molecule has 110 valence electrons. The maximum atomic E-state index is 5.90. The van der Waals surface area contributed by atoms with Gasteiger partial charge in [-0.1, -0.05) is 36.4 Å². The first-order chi connectivity index (χ1) is 10.0. The molecule has 0 atom stereocenters. The number of hydrogen-bond donors (Lipinski definition) is 1. The Balaban J connectivity index is 1.66. The third-order valence-corrected chi connectivity index (χ3v) is 4.68. The van der Waals surface area contributed by atoms with E-state index in [1.807, 2.05) is 6.07 Å². The van der Waals surface area contributed by atoms with Crippen LogP contribution < -0.4 is 5.73 Å². The molecule has 0 bridgehead atoms. The highest BCUT2D eigenvalue weighted by Gasteiger charge is 2.31. The van der Waals surface area contributed by atoms with Gasteiger partial charge in [0.15, 0.2) is 0 Å². The molecule has 3 rings (SSSR count). The summed E-state index contributed by atoms with van der Waals surface area (Å²) < 4.78 is 0. The highest BCUT2D eigenvalue weighted by atomic mass is 15.2. The van der Waals surface area contributed by atoms with Crippen LogP contribution in [0.25, 0.3) is 0 Å². The summed E-state index contributed by atoms with van der Waals surface area (Å²) in [5.41, 5.74) is 11.2. The number of rotatable bonds is 4. The second-order valence-electron chi connectivity index (χ2n) is 6.68. The van der Waals surface area contributed by atoms with Gasteiger partial charge in [-0.25, -0.2) is 0 Å². The molecule has 0 saturated heterocycles. The van der Waals surface area contributed by atoms with Crippen LogP contribution in [0.1, 0.15) is 37.0 Å². The summed E-state index contributed by atoms with van der Waals surface area (Å²) in [6.45, 7) is 6.76. The van der Waals surface area contributed by atoms with Crippen molar-refractivity contribution in [2.75, 3.05) is 5.73 Å². The predicted octanol–water partition coefficient (Wildman–Crippen LogP) is 4.00. The van der Waals surface area contributed by atoms with E-state index < -0.39 is 0 Å². The molecule has 0 aliphatic carbocycles. The highest BCUT2D eigenvalue weighted by molar-refractivity contribution is 5.46.